The fourth-order valence-corrected chi connectivity index (χ4v) is 2.23. The number of rotatable bonds is 4. The molecule has 0 spiro atoms. The normalized spacial score (nSPS) is 29.2. The van der Waals surface area contributed by atoms with E-state index in [9.17, 15) is 4.79 Å². The highest BCUT2D eigenvalue weighted by Gasteiger charge is 2.33. The Bertz CT molecular complexity index is 252. The number of hydrogen-bond acceptors (Lipinski definition) is 3. The van der Waals surface area contributed by atoms with E-state index >= 15 is 0 Å². The topological polar surface area (TPSA) is 64.3 Å². The second-order valence-corrected chi connectivity index (χ2v) is 5.17. The fraction of sp³-hybridized carbons (Fsp3) is 0.923. The average Bonchev–Trinajstić information content (AvgIpc) is 2.54. The van der Waals surface area contributed by atoms with Crippen LogP contribution in [-0.4, -0.2) is 30.7 Å². The summed E-state index contributed by atoms with van der Waals surface area (Å²) >= 11 is 0. The molecule has 17 heavy (non-hydrogen) atoms. The van der Waals surface area contributed by atoms with E-state index in [0.29, 0.717) is 6.42 Å². The molecule has 1 saturated carbocycles. The minimum Gasteiger partial charge on any atom is -0.369 e. The van der Waals surface area contributed by atoms with E-state index in [4.69, 9.17) is 10.5 Å². The van der Waals surface area contributed by atoms with Crippen LogP contribution in [0.5, 0.6) is 0 Å². The van der Waals surface area contributed by atoms with Crippen molar-refractivity contribution in [2.75, 3.05) is 7.11 Å². The van der Waals surface area contributed by atoms with E-state index in [-0.39, 0.29) is 18.0 Å². The summed E-state index contributed by atoms with van der Waals surface area (Å²) in [5, 5.41) is 3.06. The van der Waals surface area contributed by atoms with Gasteiger partial charge in [-0.2, -0.15) is 0 Å². The highest BCUT2D eigenvalue weighted by molar-refractivity contribution is 5.85. The Morgan fingerprint density at radius 2 is 2.06 bits per heavy atom. The van der Waals surface area contributed by atoms with Gasteiger partial charge >= 0.3 is 0 Å². The zero-order chi connectivity index (χ0) is 12.9. The van der Waals surface area contributed by atoms with Crippen LogP contribution in [0, 0.1) is 0 Å². The maximum atomic E-state index is 12.2. The maximum absolute atomic E-state index is 12.2. The molecular weight excluding hydrogens is 216 g/mol. The number of nitrogens with one attached hydrogen (secondary N) is 1. The molecule has 1 amide bonds. The number of carbonyl (C=O) groups is 1. The third-order valence-electron chi connectivity index (χ3n) is 3.99. The van der Waals surface area contributed by atoms with Crippen LogP contribution in [0.2, 0.25) is 0 Å². The summed E-state index contributed by atoms with van der Waals surface area (Å²) in [6.07, 6.45) is 6.18. The number of carbonyl (C=O) groups excluding carboxylic acids is 1. The van der Waals surface area contributed by atoms with Crippen LogP contribution in [-0.2, 0) is 9.53 Å². The highest BCUT2D eigenvalue weighted by atomic mass is 16.5. The summed E-state index contributed by atoms with van der Waals surface area (Å²) in [7, 11) is 1.58. The summed E-state index contributed by atoms with van der Waals surface area (Å²) in [4.78, 5) is 12.2. The molecule has 3 atom stereocenters. The molecule has 0 bridgehead atoms. The van der Waals surface area contributed by atoms with Gasteiger partial charge < -0.3 is 15.8 Å². The van der Waals surface area contributed by atoms with Gasteiger partial charge in [0, 0.05) is 19.2 Å². The van der Waals surface area contributed by atoms with E-state index in [1.807, 2.05) is 13.8 Å². The molecule has 0 heterocycles. The first kappa shape index (κ1) is 14.5. The van der Waals surface area contributed by atoms with Crippen LogP contribution in [0.25, 0.3) is 0 Å². The van der Waals surface area contributed by atoms with Gasteiger partial charge in [-0.3, -0.25) is 4.79 Å². The molecule has 0 aromatic carbocycles. The molecule has 100 valence electrons. The molecule has 3 unspecified atom stereocenters. The first-order valence-corrected chi connectivity index (χ1v) is 6.65. The lowest BCUT2D eigenvalue weighted by atomic mass is 9.99. The van der Waals surface area contributed by atoms with Crippen molar-refractivity contribution in [3.63, 3.8) is 0 Å². The van der Waals surface area contributed by atoms with Crippen LogP contribution >= 0.6 is 0 Å². The van der Waals surface area contributed by atoms with Crippen LogP contribution in [0.1, 0.15) is 52.4 Å². The summed E-state index contributed by atoms with van der Waals surface area (Å²) in [6.45, 7) is 3.78. The minimum atomic E-state index is -0.730. The quantitative estimate of drug-likeness (QED) is 0.736. The van der Waals surface area contributed by atoms with Crippen molar-refractivity contribution in [2.45, 2.75) is 70.1 Å². The molecule has 1 fully saturated rings. The summed E-state index contributed by atoms with van der Waals surface area (Å²) in [6, 6.07) is 0.186. The lowest BCUT2D eigenvalue weighted by molar-refractivity contribution is -0.142. The van der Waals surface area contributed by atoms with Crippen molar-refractivity contribution in [3.8, 4) is 0 Å². The van der Waals surface area contributed by atoms with Gasteiger partial charge in [0.2, 0.25) is 0 Å². The van der Waals surface area contributed by atoms with Gasteiger partial charge in [-0.25, -0.2) is 0 Å². The zero-order valence-electron chi connectivity index (χ0n) is 11.3. The van der Waals surface area contributed by atoms with Gasteiger partial charge in [0.1, 0.15) is 5.60 Å². The molecular formula is C13H26N2O2. The Balaban J connectivity index is 2.59. The zero-order valence-corrected chi connectivity index (χ0v) is 11.3. The van der Waals surface area contributed by atoms with Crippen LogP contribution in [0.3, 0.4) is 0 Å². The summed E-state index contributed by atoms with van der Waals surface area (Å²) in [5.74, 6) is -0.0372. The average molecular weight is 242 g/mol. The second-order valence-electron chi connectivity index (χ2n) is 5.17. The first-order chi connectivity index (χ1) is 8.03. The standard InChI is InChI=1S/C13H26N2O2/c1-4-13(2,17-3)12(16)15-11-9-7-5-6-8-10(11)14/h10-11H,4-9,14H2,1-3H3,(H,15,16). The van der Waals surface area contributed by atoms with Gasteiger partial charge in [0.05, 0.1) is 0 Å². The van der Waals surface area contributed by atoms with E-state index in [2.05, 4.69) is 5.32 Å². The van der Waals surface area contributed by atoms with Crippen molar-refractivity contribution in [2.24, 2.45) is 5.73 Å². The molecule has 1 rings (SSSR count). The number of methoxy groups -OCH3 is 1. The molecule has 1 aliphatic carbocycles. The van der Waals surface area contributed by atoms with Gasteiger partial charge in [-0.05, 0) is 26.2 Å². The molecule has 0 aliphatic heterocycles. The molecule has 0 aromatic rings. The Kier molecular flexibility index (Phi) is 5.40. The Morgan fingerprint density at radius 3 is 2.65 bits per heavy atom. The minimum absolute atomic E-state index is 0.0372. The maximum Gasteiger partial charge on any atom is 0.252 e. The highest BCUT2D eigenvalue weighted by Crippen LogP contribution is 2.19. The van der Waals surface area contributed by atoms with Gasteiger partial charge in [0.25, 0.3) is 5.91 Å². The molecule has 0 radical (unpaired) electrons. The summed E-state index contributed by atoms with van der Waals surface area (Å²) < 4.78 is 5.30. The predicted octanol–water partition coefficient (Wildman–Crippen LogP) is 1.58. The van der Waals surface area contributed by atoms with Gasteiger partial charge in [-0.15, -0.1) is 0 Å². The Hall–Kier alpha value is -0.610. The van der Waals surface area contributed by atoms with Gasteiger partial charge in [-0.1, -0.05) is 26.2 Å². The molecule has 0 aromatic heterocycles. The molecule has 1 aliphatic rings. The van der Waals surface area contributed by atoms with E-state index in [0.717, 1.165) is 19.3 Å². The lowest BCUT2D eigenvalue weighted by Crippen LogP contribution is -2.54. The number of amides is 1. The van der Waals surface area contributed by atoms with E-state index < -0.39 is 5.60 Å². The van der Waals surface area contributed by atoms with Crippen LogP contribution < -0.4 is 11.1 Å². The molecule has 4 nitrogen and oxygen atoms in total. The predicted molar refractivity (Wildman–Crippen MR) is 68.7 cm³/mol. The number of ether oxygens (including phenoxy) is 1. The van der Waals surface area contributed by atoms with Crippen molar-refractivity contribution in [1.82, 2.24) is 5.32 Å². The smallest absolute Gasteiger partial charge is 0.252 e. The molecule has 3 N–H and O–H groups in total. The fourth-order valence-electron chi connectivity index (χ4n) is 2.23. The molecule has 0 saturated heterocycles. The molecule has 4 heteroatoms. The van der Waals surface area contributed by atoms with E-state index in [1.165, 1.54) is 12.8 Å². The van der Waals surface area contributed by atoms with E-state index in [1.54, 1.807) is 7.11 Å². The van der Waals surface area contributed by atoms with Crippen molar-refractivity contribution in [1.29, 1.82) is 0 Å². The monoisotopic (exact) mass is 242 g/mol. The summed E-state index contributed by atoms with van der Waals surface area (Å²) in [5.41, 5.74) is 5.37. The van der Waals surface area contributed by atoms with Crippen molar-refractivity contribution >= 4 is 5.91 Å². The largest absolute Gasteiger partial charge is 0.369 e. The number of hydrogen-bond donors (Lipinski definition) is 2. The second kappa shape index (κ2) is 6.36. The lowest BCUT2D eigenvalue weighted by Gasteiger charge is -2.30. The van der Waals surface area contributed by atoms with Crippen LogP contribution in [0.15, 0.2) is 0 Å². The third kappa shape index (κ3) is 3.68. The van der Waals surface area contributed by atoms with Gasteiger partial charge in [0.15, 0.2) is 0 Å². The SMILES string of the molecule is CCC(C)(OC)C(=O)NC1CCCCCC1N. The number of nitrogens with two attached hydrogens (primary N) is 1. The Morgan fingerprint density at radius 1 is 1.41 bits per heavy atom. The van der Waals surface area contributed by atoms with Crippen LogP contribution in [0.4, 0.5) is 0 Å². The Labute approximate surface area is 104 Å². The van der Waals surface area contributed by atoms with Crippen molar-refractivity contribution in [3.05, 3.63) is 0 Å². The van der Waals surface area contributed by atoms with Crippen molar-refractivity contribution < 1.29 is 9.53 Å². The first-order valence-electron chi connectivity index (χ1n) is 6.65. The third-order valence-corrected chi connectivity index (χ3v) is 3.99.